The Morgan fingerprint density at radius 2 is 1.94 bits per heavy atom. The van der Waals surface area contributed by atoms with Gasteiger partial charge in [0.2, 0.25) is 0 Å². The predicted octanol–water partition coefficient (Wildman–Crippen LogP) is 4.47. The van der Waals surface area contributed by atoms with Crippen LogP contribution < -0.4 is 0 Å². The van der Waals surface area contributed by atoms with E-state index in [0.717, 1.165) is 5.92 Å². The van der Waals surface area contributed by atoms with Crippen LogP contribution in [0.3, 0.4) is 0 Å². The summed E-state index contributed by atoms with van der Waals surface area (Å²) in [6.45, 7) is 9.15. The molecule has 1 nitrogen and oxygen atoms in total. The average Bonchev–Trinajstić information content (AvgIpc) is 2.56. The molecule has 90 valence electrons. The molecule has 0 radical (unpaired) electrons. The number of nitrogens with one attached hydrogen (secondary N) is 1. The molecule has 0 spiro atoms. The molecule has 1 aliphatic carbocycles. The molecule has 0 aliphatic heterocycles. The second-order valence-electron chi connectivity index (χ2n) is 5.97. The molecule has 1 aromatic carbocycles. The minimum atomic E-state index is 0.698. The SMILES string of the molecule is Cc1cc(C)c2[nH]c3c(c2c1)C(C)CC(C)C3. The van der Waals surface area contributed by atoms with Gasteiger partial charge < -0.3 is 4.98 Å². The molecule has 2 atom stereocenters. The highest BCUT2D eigenvalue weighted by atomic mass is 14.7. The van der Waals surface area contributed by atoms with Gasteiger partial charge in [0, 0.05) is 16.6 Å². The zero-order chi connectivity index (χ0) is 12.2. The standard InChI is InChI=1S/C16H21N/c1-9-6-12(4)16-13(7-9)15-11(3)5-10(2)8-14(15)17-16/h6-7,10-11,17H,5,8H2,1-4H3. The Labute approximate surface area is 103 Å². The van der Waals surface area contributed by atoms with Crippen molar-refractivity contribution < 1.29 is 0 Å². The Balaban J connectivity index is 2.32. The molecule has 1 N–H and O–H groups in total. The predicted molar refractivity (Wildman–Crippen MR) is 73.7 cm³/mol. The topological polar surface area (TPSA) is 15.8 Å². The Bertz CT molecular complexity index is 577. The minimum Gasteiger partial charge on any atom is -0.358 e. The smallest absolute Gasteiger partial charge is 0.0488 e. The van der Waals surface area contributed by atoms with E-state index in [9.17, 15) is 0 Å². The van der Waals surface area contributed by atoms with Gasteiger partial charge in [0.05, 0.1) is 0 Å². The Morgan fingerprint density at radius 1 is 1.18 bits per heavy atom. The van der Waals surface area contributed by atoms with E-state index in [1.54, 1.807) is 5.56 Å². The molecule has 1 heteroatoms. The zero-order valence-electron chi connectivity index (χ0n) is 11.2. The van der Waals surface area contributed by atoms with Gasteiger partial charge in [-0.2, -0.15) is 0 Å². The average molecular weight is 227 g/mol. The summed E-state index contributed by atoms with van der Waals surface area (Å²) in [6.07, 6.45) is 2.54. The number of aromatic amines is 1. The fourth-order valence-corrected chi connectivity index (χ4v) is 3.60. The molecule has 0 saturated carbocycles. The number of fused-ring (bicyclic) bond motifs is 3. The third kappa shape index (κ3) is 1.60. The fourth-order valence-electron chi connectivity index (χ4n) is 3.60. The number of H-pyrrole nitrogens is 1. The van der Waals surface area contributed by atoms with Crippen molar-refractivity contribution in [2.75, 3.05) is 0 Å². The summed E-state index contributed by atoms with van der Waals surface area (Å²) >= 11 is 0. The summed E-state index contributed by atoms with van der Waals surface area (Å²) in [5.74, 6) is 1.51. The van der Waals surface area contributed by atoms with Crippen LogP contribution in [-0.4, -0.2) is 4.98 Å². The van der Waals surface area contributed by atoms with Gasteiger partial charge >= 0.3 is 0 Å². The Hall–Kier alpha value is -1.24. The lowest BCUT2D eigenvalue weighted by Gasteiger charge is -2.24. The van der Waals surface area contributed by atoms with Gasteiger partial charge in [0.1, 0.15) is 0 Å². The zero-order valence-corrected chi connectivity index (χ0v) is 11.2. The van der Waals surface area contributed by atoms with Gasteiger partial charge in [-0.15, -0.1) is 0 Å². The van der Waals surface area contributed by atoms with Crippen LogP contribution >= 0.6 is 0 Å². The van der Waals surface area contributed by atoms with E-state index in [1.807, 2.05) is 0 Å². The lowest BCUT2D eigenvalue weighted by molar-refractivity contribution is 0.448. The second kappa shape index (κ2) is 3.63. The molecule has 0 bridgehead atoms. The van der Waals surface area contributed by atoms with Crippen LogP contribution in [0.4, 0.5) is 0 Å². The quantitative estimate of drug-likeness (QED) is 0.683. The van der Waals surface area contributed by atoms with Crippen LogP contribution in [0, 0.1) is 19.8 Å². The first-order valence-corrected chi connectivity index (χ1v) is 6.68. The Kier molecular flexibility index (Phi) is 2.32. The van der Waals surface area contributed by atoms with Crippen molar-refractivity contribution >= 4 is 10.9 Å². The molecule has 1 heterocycles. The van der Waals surface area contributed by atoms with Crippen LogP contribution in [0.15, 0.2) is 12.1 Å². The summed E-state index contributed by atoms with van der Waals surface area (Å²) in [6, 6.07) is 4.63. The maximum absolute atomic E-state index is 3.67. The fraction of sp³-hybridized carbons (Fsp3) is 0.500. The van der Waals surface area contributed by atoms with Gasteiger partial charge in [0.15, 0.2) is 0 Å². The molecule has 1 aliphatic rings. The number of hydrogen-bond acceptors (Lipinski definition) is 0. The highest BCUT2D eigenvalue weighted by Crippen LogP contribution is 2.39. The molecular formula is C16H21N. The minimum absolute atomic E-state index is 0.698. The first-order valence-electron chi connectivity index (χ1n) is 6.68. The van der Waals surface area contributed by atoms with Gasteiger partial charge in [-0.05, 0) is 55.7 Å². The first kappa shape index (κ1) is 10.9. The lowest BCUT2D eigenvalue weighted by Crippen LogP contribution is -2.13. The van der Waals surface area contributed by atoms with Crippen LogP contribution in [-0.2, 0) is 6.42 Å². The molecule has 3 rings (SSSR count). The molecule has 0 fully saturated rings. The largest absolute Gasteiger partial charge is 0.358 e. The molecule has 0 saturated heterocycles. The molecule has 0 amide bonds. The number of aromatic nitrogens is 1. The van der Waals surface area contributed by atoms with Gasteiger partial charge in [-0.3, -0.25) is 0 Å². The van der Waals surface area contributed by atoms with Gasteiger partial charge in [-0.1, -0.05) is 25.5 Å². The highest BCUT2D eigenvalue weighted by Gasteiger charge is 2.25. The monoisotopic (exact) mass is 227 g/mol. The Morgan fingerprint density at radius 3 is 2.71 bits per heavy atom. The van der Waals surface area contributed by atoms with Crippen LogP contribution in [0.2, 0.25) is 0 Å². The van der Waals surface area contributed by atoms with Crippen LogP contribution in [0.25, 0.3) is 10.9 Å². The number of hydrogen-bond donors (Lipinski definition) is 1. The highest BCUT2D eigenvalue weighted by molar-refractivity contribution is 5.88. The third-order valence-corrected chi connectivity index (χ3v) is 4.17. The summed E-state index contributed by atoms with van der Waals surface area (Å²) in [4.78, 5) is 3.67. The molecule has 17 heavy (non-hydrogen) atoms. The summed E-state index contributed by atoms with van der Waals surface area (Å²) < 4.78 is 0. The maximum Gasteiger partial charge on any atom is 0.0488 e. The summed E-state index contributed by atoms with van der Waals surface area (Å²) in [5.41, 5.74) is 7.20. The normalized spacial score (nSPS) is 24.0. The van der Waals surface area contributed by atoms with E-state index in [4.69, 9.17) is 0 Å². The van der Waals surface area contributed by atoms with Crippen molar-refractivity contribution in [1.82, 2.24) is 4.98 Å². The summed E-state index contributed by atoms with van der Waals surface area (Å²) in [5, 5.41) is 1.47. The van der Waals surface area contributed by atoms with E-state index in [1.165, 1.54) is 40.6 Å². The molecule has 1 aromatic heterocycles. The van der Waals surface area contributed by atoms with Crippen molar-refractivity contribution in [3.63, 3.8) is 0 Å². The number of rotatable bonds is 0. The molecular weight excluding hydrogens is 206 g/mol. The van der Waals surface area contributed by atoms with E-state index in [0.29, 0.717) is 5.92 Å². The third-order valence-electron chi connectivity index (χ3n) is 4.17. The van der Waals surface area contributed by atoms with Crippen molar-refractivity contribution in [2.45, 2.75) is 46.5 Å². The van der Waals surface area contributed by atoms with Crippen molar-refractivity contribution in [3.05, 3.63) is 34.5 Å². The number of aryl methyl sites for hydroxylation is 2. The van der Waals surface area contributed by atoms with Crippen LogP contribution in [0.5, 0.6) is 0 Å². The maximum atomic E-state index is 3.67. The van der Waals surface area contributed by atoms with E-state index >= 15 is 0 Å². The van der Waals surface area contributed by atoms with Crippen molar-refractivity contribution in [3.8, 4) is 0 Å². The van der Waals surface area contributed by atoms with E-state index in [2.05, 4.69) is 44.8 Å². The number of benzene rings is 1. The van der Waals surface area contributed by atoms with Gasteiger partial charge in [0.25, 0.3) is 0 Å². The van der Waals surface area contributed by atoms with E-state index in [-0.39, 0.29) is 0 Å². The summed E-state index contributed by atoms with van der Waals surface area (Å²) in [7, 11) is 0. The lowest BCUT2D eigenvalue weighted by atomic mass is 9.80. The van der Waals surface area contributed by atoms with E-state index < -0.39 is 0 Å². The molecule has 2 aromatic rings. The first-order chi connectivity index (χ1) is 8.06. The van der Waals surface area contributed by atoms with Crippen molar-refractivity contribution in [2.24, 2.45) is 5.92 Å². The van der Waals surface area contributed by atoms with Crippen LogP contribution in [0.1, 0.15) is 48.6 Å². The second-order valence-corrected chi connectivity index (χ2v) is 5.97. The molecule has 2 unspecified atom stereocenters. The van der Waals surface area contributed by atoms with Gasteiger partial charge in [-0.25, -0.2) is 0 Å². The van der Waals surface area contributed by atoms with Crippen molar-refractivity contribution in [1.29, 1.82) is 0 Å².